The molecule has 0 unspecified atom stereocenters. The Balaban J connectivity index is 0.942. The lowest BCUT2D eigenvalue weighted by Gasteiger charge is -2.42. The van der Waals surface area contributed by atoms with Gasteiger partial charge in [0, 0.05) is 128 Å². The van der Waals surface area contributed by atoms with Gasteiger partial charge in [0.05, 0.1) is 36.1 Å². The molecule has 516 valence electrons. The van der Waals surface area contributed by atoms with Crippen LogP contribution in [0.3, 0.4) is 0 Å². The van der Waals surface area contributed by atoms with Crippen molar-refractivity contribution in [3.63, 3.8) is 0 Å². The van der Waals surface area contributed by atoms with Crippen LogP contribution in [0.5, 0.6) is 0 Å². The Hall–Kier alpha value is -6.83. The average Bonchev–Trinajstić information content (AvgIpc) is 0.785. The number of carbonyl (C=O) groups is 7. The van der Waals surface area contributed by atoms with E-state index in [1.807, 2.05) is 65.0 Å². The molecule has 2 aromatic rings. The lowest BCUT2D eigenvalue weighted by molar-refractivity contribution is -0.265. The number of Topliss-reactive ketones (excluding diaryl/α,β-unsaturated/α-hetero) is 3. The molecule has 15 atom stereocenters. The van der Waals surface area contributed by atoms with Crippen molar-refractivity contribution in [2.75, 3.05) is 76.9 Å². The molecular formula is C70H101N9O15. The molecule has 2 aromatic heterocycles. The second-order valence-corrected chi connectivity index (χ2v) is 26.9. The fourth-order valence-electron chi connectivity index (χ4n) is 14.0. The number of nitrogens with one attached hydrogen (secondary N) is 1. The molecule has 0 aromatic carbocycles. The molecule has 0 spiro atoms. The topological polar surface area (TPSA) is 292 Å². The number of allylic oxidation sites excluding steroid dienone is 6. The van der Waals surface area contributed by atoms with Gasteiger partial charge in [-0.1, -0.05) is 71.1 Å². The van der Waals surface area contributed by atoms with Crippen LogP contribution in [0, 0.1) is 35.5 Å². The van der Waals surface area contributed by atoms with Crippen molar-refractivity contribution in [2.24, 2.45) is 35.5 Å². The Morgan fingerprint density at radius 1 is 0.798 bits per heavy atom. The summed E-state index contributed by atoms with van der Waals surface area (Å²) in [5, 5.41) is 26.5. The standard InChI is InChI=1S/C70H101N9O15/c1-12-71-64(84)50-38-72-67(73-39-50)76-28-30-77(31-29-76)68-74-40-51-41-78(27-25-53(51)75-68)69(87)93-56-24-22-49(35-59(56)90-10)34-45(5)58-37-55(80)44(4)33-47(7)61(82)62(91-11)60(81)46(6)32-42(2)18-14-13-15-19-43(3)57(89-9)36-52-23-21-48(8)70(88,94-52)63(83)65(85)79-26-17-16-20-54(79)66(86)92-58/h13-15,18-19,33,38-40,42,44-46,48-49,52,54,56-59,61-62,82,88H,12,16-17,20-32,34-37,41H2,1-11H3,(H,71,84)/b15-13+,18-14+,43-19+,47-33+/t42-,44-,45-,46-,48-,49+,52+,54+,56-,57+,58+,59-,61-,62+,70-/m1/s1. The van der Waals surface area contributed by atoms with Crippen LogP contribution in [0.2, 0.25) is 0 Å². The zero-order chi connectivity index (χ0) is 68.0. The van der Waals surface area contributed by atoms with Crippen molar-refractivity contribution in [1.29, 1.82) is 0 Å². The van der Waals surface area contributed by atoms with Crippen LogP contribution >= 0.6 is 0 Å². The minimum Gasteiger partial charge on any atom is -0.460 e. The minimum atomic E-state index is -2.48. The lowest BCUT2D eigenvalue weighted by atomic mass is 9.78. The summed E-state index contributed by atoms with van der Waals surface area (Å²) in [7, 11) is 4.53. The first kappa shape index (κ1) is 73.0. The van der Waals surface area contributed by atoms with E-state index in [1.165, 1.54) is 24.4 Å². The van der Waals surface area contributed by atoms with Crippen LogP contribution in [-0.2, 0) is 65.4 Å². The molecule has 3 N–H and O–H groups in total. The van der Waals surface area contributed by atoms with Crippen molar-refractivity contribution in [3.05, 3.63) is 83.0 Å². The first-order chi connectivity index (χ1) is 45.0. The van der Waals surface area contributed by atoms with Crippen molar-refractivity contribution >= 4 is 53.1 Å². The van der Waals surface area contributed by atoms with E-state index in [9.17, 15) is 43.8 Å². The highest BCUT2D eigenvalue weighted by molar-refractivity contribution is 6.39. The van der Waals surface area contributed by atoms with Crippen LogP contribution in [0.15, 0.2) is 66.2 Å². The molecule has 24 heteroatoms. The molecule has 1 aliphatic carbocycles. The molecule has 24 nitrogen and oxygen atoms in total. The Morgan fingerprint density at radius 3 is 2.20 bits per heavy atom. The number of esters is 1. The van der Waals surface area contributed by atoms with E-state index < -0.39 is 102 Å². The molecule has 8 rings (SSSR count). The number of carbonyl (C=O) groups excluding carboxylic acids is 7. The molecule has 3 saturated heterocycles. The molecule has 1 saturated carbocycles. The first-order valence-electron chi connectivity index (χ1n) is 33.9. The number of aliphatic hydroxyl groups excluding tert-OH is 1. The first-order valence-corrected chi connectivity index (χ1v) is 33.9. The number of cyclic esters (lactones) is 1. The average molecular weight is 1310 g/mol. The fourth-order valence-corrected chi connectivity index (χ4v) is 14.0. The Labute approximate surface area is 553 Å². The van der Waals surface area contributed by atoms with Crippen molar-refractivity contribution in [2.45, 2.75) is 200 Å². The van der Waals surface area contributed by atoms with Gasteiger partial charge in [-0.2, -0.15) is 0 Å². The molecule has 3 amide bonds. The maximum atomic E-state index is 14.8. The molecule has 2 bridgehead atoms. The van der Waals surface area contributed by atoms with E-state index in [2.05, 4.69) is 25.1 Å². The Bertz CT molecular complexity index is 3100. The predicted molar refractivity (Wildman–Crippen MR) is 350 cm³/mol. The lowest BCUT2D eigenvalue weighted by Crippen LogP contribution is -2.61. The number of piperidine rings is 1. The highest BCUT2D eigenvalue weighted by Crippen LogP contribution is 2.39. The van der Waals surface area contributed by atoms with Crippen LogP contribution in [0.4, 0.5) is 16.7 Å². The SMILES string of the molecule is CCNC(=O)c1cnc(N2CCN(c3ncc4c(n3)CCN(C(=O)O[C@@H]3CC[C@@H](C[C@@H](C)[C@@H]5CC(=O)[C@H](C)/C=C(\C)[C@@H](O)[C@@H](OC)C(=O)[C@H](C)C[C@H](C)/C=C/C=C/C=C(\C)[C@@H](OC)C[C@@H]6CC[C@@H](C)[C@@](O)(O6)C(=O)C(=O)N6CCCC[C@H]6C(=O)O5)C[C@H]3OC)C4)CC2)nc1. The Kier molecular flexibility index (Phi) is 26.2. The van der Waals surface area contributed by atoms with Crippen LogP contribution in [0.25, 0.3) is 0 Å². The van der Waals surface area contributed by atoms with Gasteiger partial charge in [-0.3, -0.25) is 24.0 Å². The molecule has 4 fully saturated rings. The summed E-state index contributed by atoms with van der Waals surface area (Å²) in [6, 6.07) is -1.20. The smallest absolute Gasteiger partial charge is 0.410 e. The van der Waals surface area contributed by atoms with Crippen molar-refractivity contribution in [3.8, 4) is 0 Å². The van der Waals surface area contributed by atoms with Gasteiger partial charge in [-0.25, -0.2) is 29.5 Å². The van der Waals surface area contributed by atoms with E-state index in [-0.39, 0.29) is 55.2 Å². The number of amides is 3. The fraction of sp³-hybridized carbons (Fsp3) is 0.671. The summed E-state index contributed by atoms with van der Waals surface area (Å²) in [5.41, 5.74) is 3.33. The van der Waals surface area contributed by atoms with E-state index in [4.69, 9.17) is 38.4 Å². The molecule has 0 radical (unpaired) electrons. The number of methoxy groups -OCH3 is 3. The van der Waals surface area contributed by atoms with Gasteiger partial charge in [-0.05, 0) is 114 Å². The largest absolute Gasteiger partial charge is 0.460 e. The van der Waals surface area contributed by atoms with E-state index in [1.54, 1.807) is 52.2 Å². The summed E-state index contributed by atoms with van der Waals surface area (Å²) in [6.45, 7) is 18.3. The summed E-state index contributed by atoms with van der Waals surface area (Å²) < 4.78 is 36.4. The summed E-state index contributed by atoms with van der Waals surface area (Å²) in [6.07, 6.45) is 15.1. The second kappa shape index (κ2) is 33.7. The molecular weight excluding hydrogens is 1210 g/mol. The van der Waals surface area contributed by atoms with Crippen molar-refractivity contribution in [1.82, 2.24) is 35.1 Å². The van der Waals surface area contributed by atoms with Gasteiger partial charge in [0.2, 0.25) is 17.7 Å². The van der Waals surface area contributed by atoms with Gasteiger partial charge < -0.3 is 63.6 Å². The number of anilines is 2. The number of rotatable bonds is 11. The van der Waals surface area contributed by atoms with Crippen molar-refractivity contribution < 1.29 is 72.2 Å². The number of hydrogen-bond acceptors (Lipinski definition) is 21. The number of fused-ring (bicyclic) bond motifs is 4. The van der Waals surface area contributed by atoms with Gasteiger partial charge >= 0.3 is 12.1 Å². The summed E-state index contributed by atoms with van der Waals surface area (Å²) >= 11 is 0. The molecule has 94 heavy (non-hydrogen) atoms. The molecule has 7 heterocycles. The Morgan fingerprint density at radius 2 is 1.51 bits per heavy atom. The van der Waals surface area contributed by atoms with Crippen LogP contribution in [-0.4, -0.2) is 203 Å². The second-order valence-electron chi connectivity index (χ2n) is 26.9. The zero-order valence-electron chi connectivity index (χ0n) is 56.9. The third-order valence-electron chi connectivity index (χ3n) is 20.0. The van der Waals surface area contributed by atoms with Gasteiger partial charge in [0.25, 0.3) is 17.6 Å². The third-order valence-corrected chi connectivity index (χ3v) is 20.0. The minimum absolute atomic E-state index is 0.0119. The molecule has 6 aliphatic rings. The highest BCUT2D eigenvalue weighted by Gasteiger charge is 2.53. The number of hydrogen-bond donors (Lipinski definition) is 3. The monoisotopic (exact) mass is 1310 g/mol. The number of piperazine rings is 1. The number of aromatic nitrogens is 4. The quantitative estimate of drug-likeness (QED) is 0.115. The predicted octanol–water partition coefficient (Wildman–Crippen LogP) is 7.04. The maximum Gasteiger partial charge on any atom is 0.410 e. The van der Waals surface area contributed by atoms with E-state index in [0.717, 1.165) is 16.8 Å². The molecule has 5 aliphatic heterocycles. The van der Waals surface area contributed by atoms with Gasteiger partial charge in [0.1, 0.15) is 36.2 Å². The van der Waals surface area contributed by atoms with E-state index in [0.29, 0.717) is 133 Å². The van der Waals surface area contributed by atoms with Crippen LogP contribution < -0.4 is 15.1 Å². The summed E-state index contributed by atoms with van der Waals surface area (Å²) in [5.74, 6) is -7.62. The number of aliphatic hydroxyl groups is 2. The maximum absolute atomic E-state index is 14.8. The number of nitrogens with zero attached hydrogens (tertiary/aromatic N) is 8. The van der Waals surface area contributed by atoms with Gasteiger partial charge in [-0.15, -0.1) is 0 Å². The third kappa shape index (κ3) is 18.2. The number of ketones is 3. The normalized spacial score (nSPS) is 33.2. The highest BCUT2D eigenvalue weighted by atomic mass is 16.6. The van der Waals surface area contributed by atoms with Gasteiger partial charge in [0.15, 0.2) is 5.78 Å². The van der Waals surface area contributed by atoms with E-state index >= 15 is 0 Å². The van der Waals surface area contributed by atoms with Crippen LogP contribution in [0.1, 0.15) is 154 Å². The zero-order valence-corrected chi connectivity index (χ0v) is 56.9. The number of ether oxygens (including phenoxy) is 6. The summed E-state index contributed by atoms with van der Waals surface area (Å²) in [4.78, 5) is 124.